The van der Waals surface area contributed by atoms with Crippen LogP contribution in [-0.4, -0.2) is 54.2 Å². The van der Waals surface area contributed by atoms with Crippen LogP contribution in [0.3, 0.4) is 0 Å². The van der Waals surface area contributed by atoms with Crippen molar-refractivity contribution < 1.29 is 18.7 Å². The molecule has 4 rings (SSSR count). The maximum Gasteiger partial charge on any atom is 0.249 e. The molecule has 1 aliphatic rings. The van der Waals surface area contributed by atoms with Crippen LogP contribution in [0, 0.1) is 17.1 Å². The van der Waals surface area contributed by atoms with Gasteiger partial charge in [0.1, 0.15) is 35.9 Å². The molecule has 1 aliphatic heterocycles. The minimum absolute atomic E-state index is 0.0848. The van der Waals surface area contributed by atoms with Gasteiger partial charge in [-0.05, 0) is 24.3 Å². The standard InChI is InChI=1S/C24H23FN6O3/c1-31(2)7-5-23(32)30-21-10-18-20(11-22(21)34-17-6-8-33-13-17)27-14-28-24(18)29-16-3-4-19(25)15(9-16)12-26/h3-5,7,9-11,14,17H,6,8,13H2,1-2H3,(H,30,32)(H,27,28,29)/b7-5+/t17-/m1/s1. The van der Waals surface area contributed by atoms with Crippen LogP contribution >= 0.6 is 0 Å². The molecule has 0 radical (unpaired) electrons. The Morgan fingerprint density at radius 3 is 2.91 bits per heavy atom. The van der Waals surface area contributed by atoms with Crippen molar-refractivity contribution in [2.24, 2.45) is 0 Å². The number of halogens is 1. The molecule has 1 atom stereocenters. The van der Waals surface area contributed by atoms with E-state index in [1.54, 1.807) is 23.2 Å². The highest BCUT2D eigenvalue weighted by atomic mass is 19.1. The topological polar surface area (TPSA) is 112 Å². The predicted molar refractivity (Wildman–Crippen MR) is 125 cm³/mol. The Kier molecular flexibility index (Phi) is 6.85. The quantitative estimate of drug-likeness (QED) is 0.513. The molecule has 2 N–H and O–H groups in total. The van der Waals surface area contributed by atoms with E-state index in [9.17, 15) is 9.18 Å². The Hall–Kier alpha value is -4.23. The van der Waals surface area contributed by atoms with Gasteiger partial charge in [0.2, 0.25) is 5.91 Å². The number of carbonyl (C=O) groups is 1. The number of amides is 1. The predicted octanol–water partition coefficient (Wildman–Crippen LogP) is 3.57. The molecule has 1 fully saturated rings. The lowest BCUT2D eigenvalue weighted by molar-refractivity contribution is -0.112. The van der Waals surface area contributed by atoms with Crippen LogP contribution in [-0.2, 0) is 9.53 Å². The molecule has 1 aromatic heterocycles. The zero-order chi connectivity index (χ0) is 24.1. The summed E-state index contributed by atoms with van der Waals surface area (Å²) in [7, 11) is 3.63. The third-order valence-corrected chi connectivity index (χ3v) is 5.05. The van der Waals surface area contributed by atoms with Crippen molar-refractivity contribution in [3.8, 4) is 11.8 Å². The number of aromatic nitrogens is 2. The molecule has 3 aromatic rings. The van der Waals surface area contributed by atoms with E-state index in [0.29, 0.717) is 47.1 Å². The smallest absolute Gasteiger partial charge is 0.249 e. The van der Waals surface area contributed by atoms with Crippen molar-refractivity contribution in [3.05, 3.63) is 60.3 Å². The van der Waals surface area contributed by atoms with Gasteiger partial charge in [0.15, 0.2) is 0 Å². The maximum absolute atomic E-state index is 13.7. The minimum Gasteiger partial charge on any atom is -0.486 e. The first-order chi connectivity index (χ1) is 16.4. The number of nitrogens with zero attached hydrogens (tertiary/aromatic N) is 4. The third-order valence-electron chi connectivity index (χ3n) is 5.05. The summed E-state index contributed by atoms with van der Waals surface area (Å²) in [5.41, 5.74) is 1.43. The van der Waals surface area contributed by atoms with E-state index in [0.717, 1.165) is 6.42 Å². The lowest BCUT2D eigenvalue weighted by Crippen LogP contribution is -2.18. The van der Waals surface area contributed by atoms with Gasteiger partial charge in [-0.3, -0.25) is 4.79 Å². The molecule has 0 spiro atoms. The monoisotopic (exact) mass is 462 g/mol. The summed E-state index contributed by atoms with van der Waals surface area (Å²) in [5, 5.41) is 15.7. The molecule has 0 saturated carbocycles. The van der Waals surface area contributed by atoms with Gasteiger partial charge in [-0.1, -0.05) is 0 Å². The maximum atomic E-state index is 13.7. The number of fused-ring (bicyclic) bond motifs is 1. The highest BCUT2D eigenvalue weighted by Gasteiger charge is 2.21. The second-order valence-electron chi connectivity index (χ2n) is 7.89. The summed E-state index contributed by atoms with van der Waals surface area (Å²) < 4.78 is 25.2. The first-order valence-corrected chi connectivity index (χ1v) is 10.6. The fourth-order valence-electron chi connectivity index (χ4n) is 3.38. The molecule has 0 unspecified atom stereocenters. The van der Waals surface area contributed by atoms with E-state index in [4.69, 9.17) is 14.7 Å². The summed E-state index contributed by atoms with van der Waals surface area (Å²) in [4.78, 5) is 22.9. The van der Waals surface area contributed by atoms with Crippen molar-refractivity contribution in [2.45, 2.75) is 12.5 Å². The molecule has 34 heavy (non-hydrogen) atoms. The Balaban J connectivity index is 1.72. The second kappa shape index (κ2) is 10.1. The van der Waals surface area contributed by atoms with Crippen LogP contribution in [0.4, 0.5) is 21.6 Å². The van der Waals surface area contributed by atoms with E-state index < -0.39 is 5.82 Å². The van der Waals surface area contributed by atoms with Crippen LogP contribution in [0.1, 0.15) is 12.0 Å². The van der Waals surface area contributed by atoms with Gasteiger partial charge in [0, 0.05) is 49.9 Å². The van der Waals surface area contributed by atoms with E-state index in [-0.39, 0.29) is 17.6 Å². The van der Waals surface area contributed by atoms with Crippen LogP contribution in [0.5, 0.6) is 5.75 Å². The average molecular weight is 462 g/mol. The van der Waals surface area contributed by atoms with Gasteiger partial charge < -0.3 is 25.0 Å². The summed E-state index contributed by atoms with van der Waals surface area (Å²) in [6, 6.07) is 9.39. The van der Waals surface area contributed by atoms with E-state index in [2.05, 4.69) is 20.6 Å². The molecule has 1 saturated heterocycles. The van der Waals surface area contributed by atoms with Crippen molar-refractivity contribution in [1.29, 1.82) is 5.26 Å². The van der Waals surface area contributed by atoms with Gasteiger partial charge in [-0.25, -0.2) is 14.4 Å². The fourth-order valence-corrected chi connectivity index (χ4v) is 3.38. The van der Waals surface area contributed by atoms with Gasteiger partial charge in [-0.2, -0.15) is 5.26 Å². The normalized spacial score (nSPS) is 15.3. The van der Waals surface area contributed by atoms with Crippen LogP contribution in [0.2, 0.25) is 0 Å². The van der Waals surface area contributed by atoms with Crippen LogP contribution in [0.15, 0.2) is 48.9 Å². The number of benzene rings is 2. The number of rotatable bonds is 7. The number of ether oxygens (including phenoxy) is 2. The molecule has 9 nitrogen and oxygen atoms in total. The lowest BCUT2D eigenvalue weighted by Gasteiger charge is -2.18. The molecule has 0 aliphatic carbocycles. The molecule has 10 heteroatoms. The lowest BCUT2D eigenvalue weighted by atomic mass is 10.1. The Labute approximate surface area is 195 Å². The van der Waals surface area contributed by atoms with E-state index in [1.807, 2.05) is 20.2 Å². The summed E-state index contributed by atoms with van der Waals surface area (Å²) >= 11 is 0. The van der Waals surface area contributed by atoms with E-state index >= 15 is 0 Å². The number of anilines is 3. The van der Waals surface area contributed by atoms with Gasteiger partial charge in [0.05, 0.1) is 30.0 Å². The molecular formula is C24H23FN6O3. The first kappa shape index (κ1) is 22.9. The summed E-state index contributed by atoms with van der Waals surface area (Å²) in [6.45, 7) is 1.08. The van der Waals surface area contributed by atoms with Gasteiger partial charge >= 0.3 is 0 Å². The second-order valence-corrected chi connectivity index (χ2v) is 7.89. The number of nitriles is 1. The minimum atomic E-state index is -0.603. The van der Waals surface area contributed by atoms with Crippen molar-refractivity contribution in [3.63, 3.8) is 0 Å². The molecule has 2 aromatic carbocycles. The Bertz CT molecular complexity index is 1280. The fraction of sp³-hybridized carbons (Fsp3) is 0.250. The van der Waals surface area contributed by atoms with Crippen molar-refractivity contribution in [2.75, 3.05) is 37.9 Å². The average Bonchev–Trinajstić information content (AvgIpc) is 3.33. The Morgan fingerprint density at radius 1 is 1.32 bits per heavy atom. The van der Waals surface area contributed by atoms with Crippen LogP contribution in [0.25, 0.3) is 10.9 Å². The van der Waals surface area contributed by atoms with Crippen molar-refractivity contribution in [1.82, 2.24) is 14.9 Å². The number of hydrogen-bond donors (Lipinski definition) is 2. The highest BCUT2D eigenvalue weighted by Crippen LogP contribution is 2.34. The summed E-state index contributed by atoms with van der Waals surface area (Å²) in [6.07, 6.45) is 5.05. The molecule has 0 bridgehead atoms. The van der Waals surface area contributed by atoms with E-state index in [1.165, 1.54) is 30.6 Å². The molecular weight excluding hydrogens is 439 g/mol. The summed E-state index contributed by atoms with van der Waals surface area (Å²) in [5.74, 6) is -0.0402. The SMILES string of the molecule is CN(C)/C=C/C(=O)Nc1cc2c(Nc3ccc(F)c(C#N)c3)ncnc2cc1O[C@@H]1CCOC1. The van der Waals surface area contributed by atoms with Gasteiger partial charge in [-0.15, -0.1) is 0 Å². The molecule has 1 amide bonds. The van der Waals surface area contributed by atoms with Gasteiger partial charge in [0.25, 0.3) is 0 Å². The molecule has 2 heterocycles. The first-order valence-electron chi connectivity index (χ1n) is 10.6. The van der Waals surface area contributed by atoms with Crippen LogP contribution < -0.4 is 15.4 Å². The Morgan fingerprint density at radius 2 is 2.18 bits per heavy atom. The largest absolute Gasteiger partial charge is 0.486 e. The van der Waals surface area contributed by atoms with Crippen molar-refractivity contribution >= 4 is 34.0 Å². The number of hydrogen-bond acceptors (Lipinski definition) is 8. The zero-order valence-corrected chi connectivity index (χ0v) is 18.7. The number of nitrogens with one attached hydrogen (secondary N) is 2. The zero-order valence-electron chi connectivity index (χ0n) is 18.7. The third kappa shape index (κ3) is 5.39. The molecule has 174 valence electrons. The number of carbonyl (C=O) groups excluding carboxylic acids is 1. The highest BCUT2D eigenvalue weighted by molar-refractivity contribution is 6.03.